The fourth-order valence-corrected chi connectivity index (χ4v) is 3.99. The van der Waals surface area contributed by atoms with Gasteiger partial charge < -0.3 is 0 Å². The van der Waals surface area contributed by atoms with Gasteiger partial charge in [0.05, 0.1) is 6.21 Å². The molecule has 0 saturated carbocycles. The highest BCUT2D eigenvalue weighted by Crippen LogP contribution is 2.23. The van der Waals surface area contributed by atoms with E-state index in [1.165, 1.54) is 0 Å². The van der Waals surface area contributed by atoms with Crippen molar-refractivity contribution in [2.24, 2.45) is 5.10 Å². The normalized spacial score (nSPS) is 11.5. The largest absolute Gasteiger partial charge is 0.294 e. The molecule has 0 spiro atoms. The lowest BCUT2D eigenvalue weighted by Gasteiger charge is -2.04. The predicted molar refractivity (Wildman–Crippen MR) is 112 cm³/mol. The zero-order valence-corrected chi connectivity index (χ0v) is 16.9. The minimum absolute atomic E-state index is 0.412. The average Bonchev–Trinajstić information content (AvgIpc) is 3.34. The number of aryl methyl sites for hydroxylation is 1. The Morgan fingerprint density at radius 2 is 2.15 bits per heavy atom. The van der Waals surface area contributed by atoms with Crippen LogP contribution in [0.15, 0.2) is 47.0 Å². The zero-order valence-electron chi connectivity index (χ0n) is 14.5. The van der Waals surface area contributed by atoms with Crippen LogP contribution < -0.4 is 0 Å². The Morgan fingerprint density at radius 1 is 1.30 bits per heavy atom. The van der Waals surface area contributed by atoms with Crippen molar-refractivity contribution >= 4 is 41.4 Å². The monoisotopic (exact) mass is 414 g/mol. The van der Waals surface area contributed by atoms with Gasteiger partial charge in [0.25, 0.3) is 0 Å². The van der Waals surface area contributed by atoms with Gasteiger partial charge in [-0.2, -0.15) is 14.9 Å². The van der Waals surface area contributed by atoms with Crippen molar-refractivity contribution in [3.63, 3.8) is 0 Å². The van der Waals surface area contributed by atoms with Crippen LogP contribution in [0.25, 0.3) is 16.5 Å². The summed E-state index contributed by atoms with van der Waals surface area (Å²) in [5.74, 6) is 0.604. The van der Waals surface area contributed by atoms with Gasteiger partial charge >= 0.3 is 0 Å². The Labute approximate surface area is 169 Å². The molecule has 0 saturated heterocycles. The number of H-pyrrole nitrogens is 1. The summed E-state index contributed by atoms with van der Waals surface area (Å²) in [5.41, 5.74) is 3.98. The van der Waals surface area contributed by atoms with Gasteiger partial charge in [-0.3, -0.25) is 4.57 Å². The van der Waals surface area contributed by atoms with Crippen molar-refractivity contribution in [1.29, 1.82) is 0 Å². The van der Waals surface area contributed by atoms with E-state index in [4.69, 9.17) is 23.8 Å². The molecule has 9 heteroatoms. The van der Waals surface area contributed by atoms with Gasteiger partial charge in [-0.1, -0.05) is 23.7 Å². The third-order valence-corrected chi connectivity index (χ3v) is 5.38. The smallest absolute Gasteiger partial charge is 0.216 e. The van der Waals surface area contributed by atoms with Gasteiger partial charge in [-0.25, -0.2) is 10.1 Å². The van der Waals surface area contributed by atoms with Crippen LogP contribution in [0.5, 0.6) is 0 Å². The first-order valence-corrected chi connectivity index (χ1v) is 9.77. The zero-order chi connectivity index (χ0) is 19.0. The number of hydrogen-bond donors (Lipinski definition) is 1. The van der Waals surface area contributed by atoms with E-state index in [-0.39, 0.29) is 0 Å². The summed E-state index contributed by atoms with van der Waals surface area (Å²) < 4.78 is 4.12. The molecule has 136 valence electrons. The molecule has 0 aliphatic heterocycles. The number of thiazole rings is 1. The second kappa shape index (κ2) is 7.22. The van der Waals surface area contributed by atoms with Crippen molar-refractivity contribution in [3.05, 3.63) is 68.7 Å². The minimum atomic E-state index is 0.412. The third kappa shape index (κ3) is 3.39. The van der Waals surface area contributed by atoms with E-state index in [9.17, 15) is 0 Å². The molecular weight excluding hydrogens is 400 g/mol. The van der Waals surface area contributed by atoms with Crippen molar-refractivity contribution in [3.8, 4) is 16.5 Å². The molecule has 0 atom stereocenters. The molecule has 0 aliphatic rings. The lowest BCUT2D eigenvalue weighted by Crippen LogP contribution is -1.99. The Bertz CT molecular complexity index is 1180. The van der Waals surface area contributed by atoms with Crippen LogP contribution in [0.2, 0.25) is 5.02 Å². The molecule has 0 unspecified atom stereocenters. The number of benzene rings is 1. The Kier molecular flexibility index (Phi) is 4.77. The van der Waals surface area contributed by atoms with Crippen LogP contribution in [0.4, 0.5) is 0 Å². The number of hydrogen-bond acceptors (Lipinski definition) is 5. The van der Waals surface area contributed by atoms with E-state index in [0.717, 1.165) is 27.6 Å². The van der Waals surface area contributed by atoms with Crippen molar-refractivity contribution in [2.75, 3.05) is 0 Å². The lowest BCUT2D eigenvalue weighted by molar-refractivity contribution is 0.871. The Balaban J connectivity index is 1.74. The topological polar surface area (TPSA) is 63.8 Å². The molecule has 3 heterocycles. The summed E-state index contributed by atoms with van der Waals surface area (Å²) in [7, 11) is 0. The van der Waals surface area contributed by atoms with Crippen molar-refractivity contribution in [2.45, 2.75) is 13.8 Å². The molecule has 27 heavy (non-hydrogen) atoms. The second-order valence-corrected chi connectivity index (χ2v) is 7.59. The first-order valence-electron chi connectivity index (χ1n) is 8.11. The first-order chi connectivity index (χ1) is 13.0. The fraction of sp³-hybridized carbons (Fsp3) is 0.111. The first kappa shape index (κ1) is 17.8. The predicted octanol–water partition coefficient (Wildman–Crippen LogP) is 5.01. The number of aromatic nitrogens is 5. The Hall–Kier alpha value is -2.55. The number of rotatable bonds is 4. The molecule has 0 aliphatic carbocycles. The van der Waals surface area contributed by atoms with Crippen molar-refractivity contribution < 1.29 is 0 Å². The molecule has 3 aromatic heterocycles. The molecule has 0 fully saturated rings. The van der Waals surface area contributed by atoms with Crippen LogP contribution in [-0.2, 0) is 0 Å². The van der Waals surface area contributed by atoms with Crippen LogP contribution in [0.3, 0.4) is 0 Å². The average molecular weight is 415 g/mol. The lowest BCUT2D eigenvalue weighted by atomic mass is 10.2. The SMILES string of the molecule is Cc1cc(/C=N\n2c(-c3cccc(Cl)c3)n[nH]c2=S)c(C)n1-c1nccs1. The van der Waals surface area contributed by atoms with Crippen LogP contribution in [0, 0.1) is 18.6 Å². The standard InChI is InChI=1S/C18H15ClN6S2/c1-11-8-14(12(2)24(11)18-20-6-7-27-18)10-21-25-16(22-23-17(25)26)13-4-3-5-15(19)9-13/h3-10H,1-2H3,(H,23,26)/b21-10-. The van der Waals surface area contributed by atoms with Gasteiger partial charge in [-0.15, -0.1) is 11.3 Å². The number of nitrogens with one attached hydrogen (secondary N) is 1. The molecular formula is C18H15ClN6S2. The molecule has 0 bridgehead atoms. The molecule has 4 aromatic rings. The van der Waals surface area contributed by atoms with E-state index in [0.29, 0.717) is 15.6 Å². The van der Waals surface area contributed by atoms with Crippen LogP contribution >= 0.6 is 35.2 Å². The van der Waals surface area contributed by atoms with Crippen LogP contribution in [0.1, 0.15) is 17.0 Å². The summed E-state index contributed by atoms with van der Waals surface area (Å²) in [4.78, 5) is 4.40. The van der Waals surface area contributed by atoms with Gasteiger partial charge in [0.2, 0.25) is 4.77 Å². The quantitative estimate of drug-likeness (QED) is 0.377. The van der Waals surface area contributed by atoms with Gasteiger partial charge in [0, 0.05) is 39.1 Å². The highest BCUT2D eigenvalue weighted by molar-refractivity contribution is 7.71. The van der Waals surface area contributed by atoms with E-state index >= 15 is 0 Å². The molecule has 0 radical (unpaired) electrons. The van der Waals surface area contributed by atoms with Gasteiger partial charge in [0.15, 0.2) is 11.0 Å². The number of halogens is 1. The molecule has 4 rings (SSSR count). The van der Waals surface area contributed by atoms with E-state index in [1.54, 1.807) is 28.4 Å². The summed E-state index contributed by atoms with van der Waals surface area (Å²) in [6, 6.07) is 9.49. The molecule has 1 N–H and O–H groups in total. The maximum atomic E-state index is 6.10. The minimum Gasteiger partial charge on any atom is -0.294 e. The maximum absolute atomic E-state index is 6.10. The highest BCUT2D eigenvalue weighted by Gasteiger charge is 2.12. The second-order valence-electron chi connectivity index (χ2n) is 5.90. The van der Waals surface area contributed by atoms with E-state index in [1.807, 2.05) is 43.5 Å². The van der Waals surface area contributed by atoms with Gasteiger partial charge in [0.1, 0.15) is 0 Å². The summed E-state index contributed by atoms with van der Waals surface area (Å²) in [6.45, 7) is 4.09. The highest BCUT2D eigenvalue weighted by atomic mass is 35.5. The fourth-order valence-electron chi connectivity index (χ4n) is 2.87. The van der Waals surface area contributed by atoms with Crippen LogP contribution in [-0.4, -0.2) is 30.6 Å². The molecule has 1 aromatic carbocycles. The Morgan fingerprint density at radius 3 is 2.89 bits per heavy atom. The van der Waals surface area contributed by atoms with E-state index < -0.39 is 0 Å². The third-order valence-electron chi connectivity index (χ3n) is 4.13. The maximum Gasteiger partial charge on any atom is 0.216 e. The van der Waals surface area contributed by atoms with E-state index in [2.05, 4.69) is 30.9 Å². The molecule has 6 nitrogen and oxygen atoms in total. The van der Waals surface area contributed by atoms with Gasteiger partial charge in [-0.05, 0) is 44.3 Å². The summed E-state index contributed by atoms with van der Waals surface area (Å²) in [6.07, 6.45) is 3.58. The number of aromatic amines is 1. The summed E-state index contributed by atoms with van der Waals surface area (Å²) >= 11 is 13.0. The van der Waals surface area contributed by atoms with Crippen molar-refractivity contribution in [1.82, 2.24) is 24.4 Å². The molecule has 0 amide bonds. The number of nitrogens with zero attached hydrogens (tertiary/aromatic N) is 5. The summed E-state index contributed by atoms with van der Waals surface area (Å²) in [5, 5.41) is 15.2.